The van der Waals surface area contributed by atoms with Crippen molar-refractivity contribution in [2.24, 2.45) is 0 Å². The molecule has 29 heavy (non-hydrogen) atoms. The number of nitro benzene ring substituents is 1. The van der Waals surface area contributed by atoms with Crippen molar-refractivity contribution in [1.29, 1.82) is 0 Å². The lowest BCUT2D eigenvalue weighted by atomic mass is 10.1. The van der Waals surface area contributed by atoms with Crippen LogP contribution < -0.4 is 5.32 Å². The third-order valence-electron chi connectivity index (χ3n) is 4.44. The van der Waals surface area contributed by atoms with Gasteiger partial charge in [-0.05, 0) is 36.2 Å². The van der Waals surface area contributed by atoms with Crippen LogP contribution in [0.25, 0.3) is 20.9 Å². The highest BCUT2D eigenvalue weighted by Gasteiger charge is 2.12. The summed E-state index contributed by atoms with van der Waals surface area (Å²) in [5.74, 6) is -0.190. The summed E-state index contributed by atoms with van der Waals surface area (Å²) in [6, 6.07) is 15.6. The number of carbonyl (C=O) groups is 1. The van der Waals surface area contributed by atoms with Gasteiger partial charge < -0.3 is 5.32 Å². The minimum Gasteiger partial charge on any atom is -0.326 e. The van der Waals surface area contributed by atoms with E-state index in [-0.39, 0.29) is 18.0 Å². The van der Waals surface area contributed by atoms with Crippen LogP contribution in [-0.2, 0) is 11.2 Å². The summed E-state index contributed by atoms with van der Waals surface area (Å²) in [5, 5.41) is 14.5. The number of anilines is 1. The zero-order valence-corrected chi connectivity index (χ0v) is 16.3. The molecule has 2 aromatic carbocycles. The molecular formula is C21H16N4O3S. The molecular weight excluding hydrogens is 388 g/mol. The second-order valence-corrected chi connectivity index (χ2v) is 7.50. The van der Waals surface area contributed by atoms with E-state index in [4.69, 9.17) is 0 Å². The molecule has 1 N–H and O–H groups in total. The molecule has 2 aromatic heterocycles. The Morgan fingerprint density at radius 3 is 2.69 bits per heavy atom. The van der Waals surface area contributed by atoms with Crippen LogP contribution in [0, 0.1) is 17.0 Å². The summed E-state index contributed by atoms with van der Waals surface area (Å²) in [7, 11) is 0. The standard InChI is InChI=1S/C21H16N4O3S/c1-13-4-7-15(20-24-17-3-2-10-22-21(17)29-20)12-18(13)23-19(26)11-14-5-8-16(9-6-14)25(27)28/h2-10,12H,11H2,1H3,(H,23,26). The number of aryl methyl sites for hydroxylation is 1. The molecule has 0 bridgehead atoms. The first-order valence-electron chi connectivity index (χ1n) is 8.85. The lowest BCUT2D eigenvalue weighted by Crippen LogP contribution is -2.15. The predicted molar refractivity (Wildman–Crippen MR) is 113 cm³/mol. The molecule has 4 aromatic rings. The number of rotatable bonds is 5. The number of benzene rings is 2. The Hall–Kier alpha value is -3.65. The molecule has 8 heteroatoms. The lowest BCUT2D eigenvalue weighted by Gasteiger charge is -2.10. The Labute approximate surface area is 170 Å². The average Bonchev–Trinajstić information content (AvgIpc) is 3.14. The molecule has 4 rings (SSSR count). The fraction of sp³-hybridized carbons (Fsp3) is 0.0952. The largest absolute Gasteiger partial charge is 0.326 e. The fourth-order valence-corrected chi connectivity index (χ4v) is 3.80. The van der Waals surface area contributed by atoms with Crippen LogP contribution >= 0.6 is 11.3 Å². The van der Waals surface area contributed by atoms with Crippen LogP contribution in [-0.4, -0.2) is 20.8 Å². The smallest absolute Gasteiger partial charge is 0.269 e. The minimum absolute atomic E-state index is 0.00280. The van der Waals surface area contributed by atoms with Crippen molar-refractivity contribution in [2.75, 3.05) is 5.32 Å². The van der Waals surface area contributed by atoms with Crippen molar-refractivity contribution in [1.82, 2.24) is 9.97 Å². The molecule has 0 saturated heterocycles. The number of fused-ring (bicyclic) bond motifs is 1. The minimum atomic E-state index is -0.462. The summed E-state index contributed by atoms with van der Waals surface area (Å²) < 4.78 is 0. The first-order chi connectivity index (χ1) is 14.0. The Kier molecular flexibility index (Phi) is 5.01. The highest BCUT2D eigenvalue weighted by molar-refractivity contribution is 7.21. The number of amides is 1. The molecule has 0 radical (unpaired) electrons. The maximum Gasteiger partial charge on any atom is 0.269 e. The van der Waals surface area contributed by atoms with E-state index >= 15 is 0 Å². The molecule has 0 spiro atoms. The number of carbonyl (C=O) groups excluding carboxylic acids is 1. The van der Waals surface area contributed by atoms with E-state index in [0.29, 0.717) is 11.3 Å². The summed E-state index contributed by atoms with van der Waals surface area (Å²) in [4.78, 5) is 32.6. The highest BCUT2D eigenvalue weighted by Crippen LogP contribution is 2.31. The van der Waals surface area contributed by atoms with Crippen LogP contribution in [0.4, 0.5) is 11.4 Å². The van der Waals surface area contributed by atoms with Gasteiger partial charge in [0.05, 0.1) is 11.3 Å². The molecule has 7 nitrogen and oxygen atoms in total. The van der Waals surface area contributed by atoms with Gasteiger partial charge in [-0.1, -0.05) is 35.6 Å². The van der Waals surface area contributed by atoms with Crippen LogP contribution in [0.2, 0.25) is 0 Å². The maximum absolute atomic E-state index is 12.5. The highest BCUT2D eigenvalue weighted by atomic mass is 32.1. The molecule has 0 aliphatic rings. The number of non-ortho nitro benzene ring substituents is 1. The van der Waals surface area contributed by atoms with Crippen molar-refractivity contribution in [3.63, 3.8) is 0 Å². The van der Waals surface area contributed by atoms with Crippen LogP contribution in [0.1, 0.15) is 11.1 Å². The number of nitrogens with zero attached hydrogens (tertiary/aromatic N) is 3. The van der Waals surface area contributed by atoms with Gasteiger partial charge in [0.2, 0.25) is 5.91 Å². The summed E-state index contributed by atoms with van der Waals surface area (Å²) in [6.07, 6.45) is 1.87. The lowest BCUT2D eigenvalue weighted by molar-refractivity contribution is -0.384. The zero-order chi connectivity index (χ0) is 20.4. The molecule has 0 aliphatic heterocycles. The van der Waals surface area contributed by atoms with Gasteiger partial charge in [-0.25, -0.2) is 9.97 Å². The van der Waals surface area contributed by atoms with Gasteiger partial charge >= 0.3 is 0 Å². The second-order valence-electron chi connectivity index (χ2n) is 6.52. The van der Waals surface area contributed by atoms with Gasteiger partial charge in [-0.2, -0.15) is 0 Å². The Balaban J connectivity index is 1.53. The van der Waals surface area contributed by atoms with E-state index in [2.05, 4.69) is 15.3 Å². The normalized spacial score (nSPS) is 10.8. The second kappa shape index (κ2) is 7.76. The quantitative estimate of drug-likeness (QED) is 0.382. The number of nitrogens with one attached hydrogen (secondary N) is 1. The van der Waals surface area contributed by atoms with Gasteiger partial charge in [-0.15, -0.1) is 0 Å². The fourth-order valence-electron chi connectivity index (χ4n) is 2.90. The van der Waals surface area contributed by atoms with Crippen LogP contribution in [0.15, 0.2) is 60.8 Å². The van der Waals surface area contributed by atoms with Gasteiger partial charge in [0, 0.05) is 29.6 Å². The first-order valence-corrected chi connectivity index (χ1v) is 9.67. The van der Waals surface area contributed by atoms with Crippen molar-refractivity contribution in [3.05, 3.63) is 82.0 Å². The van der Waals surface area contributed by atoms with E-state index in [1.807, 2.05) is 37.3 Å². The van der Waals surface area contributed by atoms with Crippen LogP contribution in [0.5, 0.6) is 0 Å². The van der Waals surface area contributed by atoms with Gasteiger partial charge in [-0.3, -0.25) is 14.9 Å². The molecule has 1 amide bonds. The Morgan fingerprint density at radius 2 is 1.97 bits per heavy atom. The summed E-state index contributed by atoms with van der Waals surface area (Å²) in [5.41, 5.74) is 4.11. The van der Waals surface area contributed by atoms with E-state index in [1.165, 1.54) is 23.5 Å². The predicted octanol–water partition coefficient (Wildman–Crippen LogP) is 4.76. The Morgan fingerprint density at radius 1 is 1.17 bits per heavy atom. The Bertz CT molecular complexity index is 1190. The van der Waals surface area contributed by atoms with Crippen molar-refractivity contribution < 1.29 is 9.72 Å². The van der Waals surface area contributed by atoms with Gasteiger partial charge in [0.15, 0.2) is 0 Å². The summed E-state index contributed by atoms with van der Waals surface area (Å²) >= 11 is 1.50. The number of pyridine rings is 1. The molecule has 0 unspecified atom stereocenters. The molecule has 2 heterocycles. The van der Waals surface area contributed by atoms with Crippen molar-refractivity contribution >= 4 is 39.0 Å². The monoisotopic (exact) mass is 404 g/mol. The van der Waals surface area contributed by atoms with Crippen molar-refractivity contribution in [2.45, 2.75) is 13.3 Å². The number of hydrogen-bond donors (Lipinski definition) is 1. The van der Waals surface area contributed by atoms with E-state index in [1.54, 1.807) is 18.3 Å². The van der Waals surface area contributed by atoms with E-state index in [0.717, 1.165) is 26.5 Å². The SMILES string of the molecule is Cc1ccc(-c2nc3cccnc3s2)cc1NC(=O)Cc1ccc([N+](=O)[O-])cc1. The maximum atomic E-state index is 12.5. The number of thiazole rings is 1. The van der Waals surface area contributed by atoms with E-state index in [9.17, 15) is 14.9 Å². The number of hydrogen-bond acceptors (Lipinski definition) is 6. The first kappa shape index (κ1) is 18.7. The average molecular weight is 404 g/mol. The topological polar surface area (TPSA) is 98.0 Å². The van der Waals surface area contributed by atoms with Crippen LogP contribution in [0.3, 0.4) is 0 Å². The molecule has 0 atom stereocenters. The molecule has 0 aliphatic carbocycles. The molecule has 0 fully saturated rings. The van der Waals surface area contributed by atoms with Gasteiger partial charge in [0.25, 0.3) is 5.69 Å². The zero-order valence-electron chi connectivity index (χ0n) is 15.5. The third-order valence-corrected chi connectivity index (χ3v) is 5.47. The van der Waals surface area contributed by atoms with Gasteiger partial charge in [0.1, 0.15) is 15.4 Å². The third kappa shape index (κ3) is 4.12. The van der Waals surface area contributed by atoms with Crippen molar-refractivity contribution in [3.8, 4) is 10.6 Å². The molecule has 144 valence electrons. The number of aromatic nitrogens is 2. The number of nitro groups is 1. The van der Waals surface area contributed by atoms with E-state index < -0.39 is 4.92 Å². The summed E-state index contributed by atoms with van der Waals surface area (Å²) in [6.45, 7) is 1.92. The molecule has 0 saturated carbocycles.